The molecule has 2 fully saturated rings. The molecule has 68 heavy (non-hydrogen) atoms. The number of nitrogen functional groups attached to an aromatic ring is 1. The first-order valence-corrected chi connectivity index (χ1v) is 21.4. The molecule has 380 valence electrons. The number of imidazole rings is 1. The van der Waals surface area contributed by atoms with Crippen LogP contribution in [0.4, 0.5) is 10.6 Å². The zero-order valence-electron chi connectivity index (χ0n) is 37.6. The maximum Gasteiger partial charge on any atom is 0.404 e. The molecule has 28 heteroatoms. The second-order valence-electron chi connectivity index (χ2n) is 16.8. The van der Waals surface area contributed by atoms with E-state index in [2.05, 4.69) is 25.3 Å². The minimum atomic E-state index is -2.10. The van der Waals surface area contributed by atoms with Gasteiger partial charge in [-0.05, 0) is 33.6 Å². The van der Waals surface area contributed by atoms with Crippen LogP contribution in [-0.2, 0) is 42.9 Å². The molecule has 4 amide bonds. The number of aliphatic hydroxyl groups is 7. The summed E-state index contributed by atoms with van der Waals surface area (Å²) in [6.45, 7) is 3.58. The molecule has 17 atom stereocenters. The van der Waals surface area contributed by atoms with E-state index >= 15 is 0 Å². The topological polar surface area (TPSA) is 487 Å². The van der Waals surface area contributed by atoms with Crippen molar-refractivity contribution in [3.05, 3.63) is 35.3 Å². The maximum atomic E-state index is 14.7. The first-order valence-electron chi connectivity index (χ1n) is 21.4. The highest BCUT2D eigenvalue weighted by Gasteiger charge is 2.53. The Morgan fingerprint density at radius 3 is 2.07 bits per heavy atom. The molecule has 2 aromatic heterocycles. The number of aromatic nitrogens is 4. The summed E-state index contributed by atoms with van der Waals surface area (Å²) in [5.74, 6) is -7.95. The molecule has 0 spiro atoms. The zero-order valence-corrected chi connectivity index (χ0v) is 37.6. The average molecular weight is 971 g/mol. The van der Waals surface area contributed by atoms with E-state index in [1.807, 2.05) is 0 Å². The molecule has 4 rings (SSSR count). The van der Waals surface area contributed by atoms with E-state index in [-0.39, 0.29) is 47.9 Å². The van der Waals surface area contributed by atoms with Crippen LogP contribution in [0.25, 0.3) is 0 Å². The Morgan fingerprint density at radius 1 is 0.882 bits per heavy atom. The van der Waals surface area contributed by atoms with Gasteiger partial charge in [0.2, 0.25) is 17.7 Å². The molecule has 2 aliphatic heterocycles. The average Bonchev–Trinajstić information content (AvgIpc) is 3.82. The number of rotatable bonds is 24. The number of carbonyl (C=O) groups is 6. The third kappa shape index (κ3) is 13.4. The van der Waals surface area contributed by atoms with Crippen molar-refractivity contribution in [3.8, 4) is 0 Å². The van der Waals surface area contributed by atoms with Crippen molar-refractivity contribution in [1.82, 2.24) is 25.3 Å². The summed E-state index contributed by atoms with van der Waals surface area (Å²) in [6, 6.07) is -2.29. The van der Waals surface area contributed by atoms with Crippen LogP contribution in [0.2, 0.25) is 0 Å². The molecular weight excluding hydrogens is 908 g/mol. The van der Waals surface area contributed by atoms with E-state index in [1.54, 1.807) is 0 Å². The van der Waals surface area contributed by atoms with Crippen LogP contribution in [0.1, 0.15) is 86.0 Å². The lowest BCUT2D eigenvalue weighted by molar-refractivity contribution is -0.373. The van der Waals surface area contributed by atoms with Gasteiger partial charge in [-0.1, -0.05) is 6.92 Å². The van der Waals surface area contributed by atoms with Gasteiger partial charge in [-0.25, -0.2) is 19.7 Å². The van der Waals surface area contributed by atoms with Crippen molar-refractivity contribution in [3.63, 3.8) is 0 Å². The summed E-state index contributed by atoms with van der Waals surface area (Å²) < 4.78 is 28.5. The quantitative estimate of drug-likeness (QED) is 0.0436. The standard InChI is InChI=1S/C40H62N10O18/c1-13(16(4)53)26(56)15(3)48-37(62)18(8-21(54)25-14(2)34(43)50-36(49-25)17(7-24(42)55)5-6-19(41)35(44)61)31(20-9-46-12-47-20)66-39-33(29(59)27(57)22(10-51)65-39)67-38-30(60)32(68-40(45)63)28(58)23(11-52)64-38/h9,12-13,15,17-19,22-23,26-33,38-39,51-52,56-60H,5-8,10-11,41H2,1-4H3,(H2,42,55)(H2,44,61)(H2,45,63)(H,46,47)(H,48,62)(H2,43,49,50)/t13?,15-,17?,18?,19?,22?,23?,26?,27-,28-,29-,30-,31-,32?,33?,38-,39+/m1/s1. The van der Waals surface area contributed by atoms with Crippen molar-refractivity contribution in [1.29, 1.82) is 0 Å². The van der Waals surface area contributed by atoms with Gasteiger partial charge in [-0.2, -0.15) is 0 Å². The summed E-state index contributed by atoms with van der Waals surface area (Å²) in [7, 11) is 0. The molecule has 0 aliphatic carbocycles. The Balaban J connectivity index is 1.84. The molecule has 0 radical (unpaired) electrons. The second-order valence-corrected chi connectivity index (χ2v) is 16.8. The Bertz CT molecular complexity index is 2070. The van der Waals surface area contributed by atoms with E-state index in [0.29, 0.717) is 0 Å². The number of hydrogen-bond donors (Lipinski definition) is 14. The largest absolute Gasteiger partial charge is 0.441 e. The minimum absolute atomic E-state index is 0.00809. The highest BCUT2D eigenvalue weighted by molar-refractivity contribution is 5.99. The predicted molar refractivity (Wildman–Crippen MR) is 227 cm³/mol. The lowest BCUT2D eigenvalue weighted by atomic mass is 9.89. The van der Waals surface area contributed by atoms with E-state index in [1.165, 1.54) is 40.2 Å². The third-order valence-corrected chi connectivity index (χ3v) is 11.9. The molecule has 0 aromatic carbocycles. The Morgan fingerprint density at radius 2 is 1.51 bits per heavy atom. The maximum absolute atomic E-state index is 14.7. The van der Waals surface area contributed by atoms with Gasteiger partial charge in [0, 0.05) is 30.2 Å². The SMILES string of the molecule is CC(=O)C(C)C(O)[C@@H](C)NC(=O)C(CC(=O)c1nc(C(CCC(N)C(N)=O)CC(N)=O)nc(N)c1C)[C@@H](O[C@@H]1OC(CO)[C@@H](O)[C@@H](O)C1O[C@H]1OC(CO)[C@@H](O)C(OC(N)=O)[C@H]1O)c1cnc[nH]1. The lowest BCUT2D eigenvalue weighted by Crippen LogP contribution is -2.65. The van der Waals surface area contributed by atoms with Crippen LogP contribution in [0.15, 0.2) is 12.5 Å². The number of amides is 4. The summed E-state index contributed by atoms with van der Waals surface area (Å²) in [5.41, 5.74) is 27.7. The summed E-state index contributed by atoms with van der Waals surface area (Å²) in [4.78, 5) is 92.6. The van der Waals surface area contributed by atoms with Crippen molar-refractivity contribution in [2.45, 2.75) is 145 Å². The highest BCUT2D eigenvalue weighted by Crippen LogP contribution is 2.37. The van der Waals surface area contributed by atoms with Gasteiger partial charge in [-0.15, -0.1) is 0 Å². The predicted octanol–water partition coefficient (Wildman–Crippen LogP) is -5.59. The molecule has 2 saturated heterocycles. The minimum Gasteiger partial charge on any atom is -0.441 e. The first kappa shape index (κ1) is 55.2. The van der Waals surface area contributed by atoms with E-state index in [0.717, 1.165) is 0 Å². The molecule has 2 aromatic rings. The van der Waals surface area contributed by atoms with Crippen LogP contribution in [0.3, 0.4) is 0 Å². The number of primary amides is 3. The van der Waals surface area contributed by atoms with Gasteiger partial charge in [0.25, 0.3) is 0 Å². The number of nitrogens with zero attached hydrogens (tertiary/aromatic N) is 3. The number of aromatic amines is 1. The normalized spacial score (nSPS) is 28.2. The number of Topliss-reactive ketones (excluding diaryl/α,β-unsaturated/α-hetero) is 2. The van der Waals surface area contributed by atoms with E-state index in [4.69, 9.17) is 52.4 Å². The van der Waals surface area contributed by atoms with Gasteiger partial charge < -0.3 is 98.4 Å². The monoisotopic (exact) mass is 970 g/mol. The number of nitrogens with one attached hydrogen (secondary N) is 2. The van der Waals surface area contributed by atoms with Gasteiger partial charge in [0.1, 0.15) is 72.0 Å². The molecule has 28 nitrogen and oxygen atoms in total. The van der Waals surface area contributed by atoms with Crippen molar-refractivity contribution in [2.75, 3.05) is 18.9 Å². The van der Waals surface area contributed by atoms with Crippen molar-refractivity contribution >= 4 is 41.2 Å². The molecule has 0 bridgehead atoms. The number of carbonyl (C=O) groups excluding carboxylic acids is 6. The van der Waals surface area contributed by atoms with E-state index < -0.39 is 158 Å². The highest BCUT2D eigenvalue weighted by atomic mass is 16.8. The number of nitrogens with two attached hydrogens (primary N) is 5. The fraction of sp³-hybridized carbons (Fsp3) is 0.675. The molecule has 19 N–H and O–H groups in total. The molecule has 0 saturated carbocycles. The van der Waals surface area contributed by atoms with Gasteiger partial charge in [0.15, 0.2) is 24.5 Å². The smallest absolute Gasteiger partial charge is 0.404 e. The number of ketones is 2. The lowest BCUT2D eigenvalue weighted by Gasteiger charge is -2.47. The van der Waals surface area contributed by atoms with E-state index in [9.17, 15) is 64.5 Å². The summed E-state index contributed by atoms with van der Waals surface area (Å²) in [5, 5.41) is 78.0. The molecule has 9 unspecified atom stereocenters. The zero-order chi connectivity index (χ0) is 50.9. The van der Waals surface area contributed by atoms with Crippen LogP contribution in [0, 0.1) is 18.8 Å². The Hall–Kier alpha value is -5.37. The number of anilines is 1. The van der Waals surface area contributed by atoms with Gasteiger partial charge >= 0.3 is 6.09 Å². The summed E-state index contributed by atoms with van der Waals surface area (Å²) >= 11 is 0. The fourth-order valence-electron chi connectivity index (χ4n) is 7.67. The molecular formula is C40H62N10O18. The molecule has 4 heterocycles. The third-order valence-electron chi connectivity index (χ3n) is 11.9. The number of hydrogen-bond acceptors (Lipinski definition) is 23. The van der Waals surface area contributed by atoms with Crippen LogP contribution < -0.4 is 34.0 Å². The van der Waals surface area contributed by atoms with Gasteiger partial charge in [-0.3, -0.25) is 24.0 Å². The van der Waals surface area contributed by atoms with Crippen LogP contribution in [0.5, 0.6) is 0 Å². The van der Waals surface area contributed by atoms with Crippen LogP contribution >= 0.6 is 0 Å². The fourth-order valence-corrected chi connectivity index (χ4v) is 7.67. The van der Waals surface area contributed by atoms with Crippen LogP contribution in [-0.4, -0.2) is 184 Å². The molecule has 2 aliphatic rings. The van der Waals surface area contributed by atoms with Gasteiger partial charge in [0.05, 0.1) is 55.5 Å². The summed E-state index contributed by atoms with van der Waals surface area (Å²) in [6.07, 6.45) is -22.7. The number of H-pyrrole nitrogens is 1. The number of aliphatic hydroxyl groups excluding tert-OH is 7. The van der Waals surface area contributed by atoms with Crippen molar-refractivity contribution in [2.24, 2.45) is 34.8 Å². The number of ether oxygens (including phenoxy) is 5. The Kier molecular flexibility index (Phi) is 19.7. The Labute approximate surface area is 388 Å². The van der Waals surface area contributed by atoms with Crippen molar-refractivity contribution < 1.29 is 88.2 Å². The second kappa shape index (κ2) is 24.3. The first-order chi connectivity index (χ1) is 31.9.